The van der Waals surface area contributed by atoms with Crippen LogP contribution in [0.2, 0.25) is 0 Å². The zero-order chi connectivity index (χ0) is 5.41. The fourth-order valence-electron chi connectivity index (χ4n) is 0. The molecule has 0 bridgehead atoms. The van der Waals surface area contributed by atoms with Crippen LogP contribution >= 0.6 is 0 Å². The molecule has 0 amide bonds. The summed E-state index contributed by atoms with van der Waals surface area (Å²) in [7, 11) is 0. The van der Waals surface area contributed by atoms with E-state index in [9.17, 15) is 0 Å². The summed E-state index contributed by atoms with van der Waals surface area (Å²) in [5.41, 5.74) is 0. The molecule has 0 aromatic carbocycles. The van der Waals surface area contributed by atoms with Crippen LogP contribution in [0.1, 0.15) is 0 Å². The molecule has 0 saturated heterocycles. The molecule has 0 unspecified atom stereocenters. The van der Waals surface area contributed by atoms with Gasteiger partial charge in [0.1, 0.15) is 0 Å². The van der Waals surface area contributed by atoms with Crippen LogP contribution in [-0.2, 0) is 27.9 Å². The molecular formula is MnO4Pb. The van der Waals surface area contributed by atoms with Crippen LogP contribution in [0, 0.1) is 0 Å². The van der Waals surface area contributed by atoms with Crippen LogP contribution in [0.5, 0.6) is 0 Å². The molecule has 0 rings (SSSR count). The van der Waals surface area contributed by atoms with E-state index in [0.29, 0.717) is 0 Å². The molecule has 35 valence electrons. The first-order valence-electron chi connectivity index (χ1n) is 0.717. The second-order valence-electron chi connectivity index (χ2n) is 0.146. The van der Waals surface area contributed by atoms with E-state index >= 15 is 0 Å². The van der Waals surface area contributed by atoms with Gasteiger partial charge in [0.05, 0.1) is 0 Å². The second-order valence-corrected chi connectivity index (χ2v) is 0.991. The fraction of sp³-hybridized carbons (Fsp3) is 0. The molecule has 0 spiro atoms. The molecule has 0 radical (unpaired) electrons. The Morgan fingerprint density at radius 1 is 1.17 bits per heavy atom. The summed E-state index contributed by atoms with van der Waals surface area (Å²) in [6.45, 7) is 0. The number of rotatable bonds is 0. The minimum atomic E-state index is -2.42. The fourth-order valence-corrected chi connectivity index (χ4v) is 0. The predicted molar refractivity (Wildman–Crippen MR) is 8.50 cm³/mol. The maximum absolute atomic E-state index is 8.57. The number of hydrogen-bond donors (Lipinski definition) is 0. The average Bonchev–Trinajstić information content (AvgIpc) is 1.39. The van der Waals surface area contributed by atoms with Crippen molar-refractivity contribution < 1.29 is 27.9 Å². The van der Waals surface area contributed by atoms with E-state index in [-0.39, 0.29) is 0 Å². The van der Waals surface area contributed by atoms with Crippen LogP contribution in [-0.4, -0.2) is 24.3 Å². The third-order valence-electron chi connectivity index (χ3n) is 0. The van der Waals surface area contributed by atoms with Crippen LogP contribution in [0.4, 0.5) is 0 Å². The van der Waals surface area contributed by atoms with Gasteiger partial charge in [0, 0.05) is 0 Å². The Kier molecular flexibility index (Phi) is 28.5. The summed E-state index contributed by atoms with van der Waals surface area (Å²) >= 11 is -3.85. The Labute approximate surface area is 52.0 Å². The second kappa shape index (κ2) is 17.4. The quantitative estimate of drug-likeness (QED) is 0.544. The first kappa shape index (κ1) is 9.81. The normalized spacial score (nSPS) is 3.33. The van der Waals surface area contributed by atoms with E-state index in [2.05, 4.69) is 0 Å². The van der Waals surface area contributed by atoms with Crippen molar-refractivity contribution in [2.45, 2.75) is 0 Å². The molecule has 0 atom stereocenters. The molecule has 6 heteroatoms. The molecule has 0 aliphatic rings. The average molecular weight is 326 g/mol. The summed E-state index contributed by atoms with van der Waals surface area (Å²) in [4.78, 5) is 0. The van der Waals surface area contributed by atoms with Crippen LogP contribution in [0.3, 0.4) is 0 Å². The SMILES string of the molecule is [O]=[Mn]=[O].[O]=[Pb]=[O]. The molecule has 4 nitrogen and oxygen atoms in total. The van der Waals surface area contributed by atoms with Gasteiger partial charge >= 0.3 is 52.1 Å². The van der Waals surface area contributed by atoms with Gasteiger partial charge in [-0.2, -0.15) is 0 Å². The van der Waals surface area contributed by atoms with Gasteiger partial charge in [-0.1, -0.05) is 0 Å². The molecule has 0 fully saturated rings. The molecule has 0 aliphatic carbocycles. The van der Waals surface area contributed by atoms with Crippen LogP contribution < -0.4 is 0 Å². The van der Waals surface area contributed by atoms with Crippen LogP contribution in [0.15, 0.2) is 0 Å². The van der Waals surface area contributed by atoms with Crippen molar-refractivity contribution >= 4 is 24.3 Å². The van der Waals surface area contributed by atoms with Crippen molar-refractivity contribution in [3.8, 4) is 0 Å². The van der Waals surface area contributed by atoms with Crippen molar-refractivity contribution in [1.82, 2.24) is 0 Å². The third-order valence-corrected chi connectivity index (χ3v) is 0. The Morgan fingerprint density at radius 3 is 1.17 bits per heavy atom. The molecule has 0 aromatic rings. The van der Waals surface area contributed by atoms with Gasteiger partial charge < -0.3 is 0 Å². The van der Waals surface area contributed by atoms with Crippen molar-refractivity contribution in [2.24, 2.45) is 0 Å². The third kappa shape index (κ3) is 150. The summed E-state index contributed by atoms with van der Waals surface area (Å²) in [5.74, 6) is 0. The molecule has 0 heterocycles. The molecule has 0 N–H and O–H groups in total. The molecular weight excluding hydrogens is 326 g/mol. The number of hydrogen-bond acceptors (Lipinski definition) is 4. The van der Waals surface area contributed by atoms with Gasteiger partial charge in [0.2, 0.25) is 0 Å². The molecule has 0 aliphatic heterocycles. The van der Waals surface area contributed by atoms with Crippen molar-refractivity contribution in [3.05, 3.63) is 0 Å². The maximum atomic E-state index is 8.57. The van der Waals surface area contributed by atoms with E-state index in [1.165, 1.54) is 0 Å². The topological polar surface area (TPSA) is 68.3 Å². The Hall–Kier alpha value is 0.642. The van der Waals surface area contributed by atoms with Gasteiger partial charge in [-0.25, -0.2) is 0 Å². The molecule has 0 aromatic heterocycles. The van der Waals surface area contributed by atoms with E-state index in [1.54, 1.807) is 0 Å². The zero-order valence-corrected chi connectivity index (χ0v) is 7.58. The monoisotopic (exact) mass is 327 g/mol. The van der Waals surface area contributed by atoms with E-state index in [1.807, 2.05) is 0 Å². The Bertz CT molecular complexity index is 61.5. The summed E-state index contributed by atoms with van der Waals surface area (Å²) in [5, 5.41) is 0. The van der Waals surface area contributed by atoms with Gasteiger partial charge in [0.15, 0.2) is 0 Å². The van der Waals surface area contributed by atoms with E-state index in [0.717, 1.165) is 0 Å². The van der Waals surface area contributed by atoms with E-state index < -0.39 is 39.1 Å². The zero-order valence-electron chi connectivity index (χ0n) is 2.51. The van der Waals surface area contributed by atoms with Crippen LogP contribution in [0.25, 0.3) is 0 Å². The van der Waals surface area contributed by atoms with Crippen molar-refractivity contribution in [1.29, 1.82) is 0 Å². The summed E-state index contributed by atoms with van der Waals surface area (Å²) in [6, 6.07) is 0. The van der Waals surface area contributed by atoms with Gasteiger partial charge in [-0.05, 0) is 0 Å². The van der Waals surface area contributed by atoms with Crippen molar-refractivity contribution in [3.63, 3.8) is 0 Å². The first-order chi connectivity index (χ1) is 2.83. The molecule has 0 saturated carbocycles. The standard InChI is InChI=1S/Mn.4O.Pb. The minimum absolute atomic E-state index is 1.44. The summed E-state index contributed by atoms with van der Waals surface area (Å²) in [6.07, 6.45) is 0. The Morgan fingerprint density at radius 2 is 1.17 bits per heavy atom. The van der Waals surface area contributed by atoms with Gasteiger partial charge in [0.25, 0.3) is 0 Å². The first-order valence-corrected chi connectivity index (χ1v) is 4.85. The van der Waals surface area contributed by atoms with Gasteiger partial charge in [-0.3, -0.25) is 0 Å². The molecule has 6 heavy (non-hydrogen) atoms. The Balaban J connectivity index is 0. The van der Waals surface area contributed by atoms with Crippen molar-refractivity contribution in [2.75, 3.05) is 0 Å². The van der Waals surface area contributed by atoms with E-state index in [4.69, 9.17) is 13.0 Å². The van der Waals surface area contributed by atoms with Gasteiger partial charge in [-0.15, -0.1) is 0 Å². The predicted octanol–water partition coefficient (Wildman–Crippen LogP) is -0.859. The summed E-state index contributed by atoms with van der Waals surface area (Å²) < 4.78 is 34.0.